The summed E-state index contributed by atoms with van der Waals surface area (Å²) in [6.45, 7) is 0. The molecule has 7 heteroatoms. The third-order valence-electron chi connectivity index (χ3n) is 3.55. The van der Waals surface area contributed by atoms with Crippen LogP contribution in [0.15, 0.2) is 60.9 Å². The molecule has 3 aromatic rings. The van der Waals surface area contributed by atoms with Gasteiger partial charge in [-0.1, -0.05) is 47.5 Å². The van der Waals surface area contributed by atoms with Gasteiger partial charge in [0.15, 0.2) is 0 Å². The molecular formula is C18H14Cl2N4O. The van der Waals surface area contributed by atoms with Crippen LogP contribution in [0.3, 0.4) is 0 Å². The number of hydrogen-bond acceptors (Lipinski definition) is 4. The molecular weight excluding hydrogens is 359 g/mol. The van der Waals surface area contributed by atoms with Crippen molar-refractivity contribution < 1.29 is 4.79 Å². The first-order chi connectivity index (χ1) is 12.1. The molecule has 0 spiro atoms. The second-order valence-electron chi connectivity index (χ2n) is 5.21. The Morgan fingerprint density at radius 3 is 2.56 bits per heavy atom. The van der Waals surface area contributed by atoms with Crippen LogP contribution in [-0.4, -0.2) is 22.9 Å². The van der Waals surface area contributed by atoms with E-state index in [1.807, 2.05) is 30.3 Å². The minimum Gasteiger partial charge on any atom is -0.339 e. The lowest BCUT2D eigenvalue weighted by Crippen LogP contribution is -2.27. The summed E-state index contributed by atoms with van der Waals surface area (Å²) in [5.41, 5.74) is 1.64. The number of rotatable bonds is 4. The Labute approximate surface area is 155 Å². The summed E-state index contributed by atoms with van der Waals surface area (Å²) in [4.78, 5) is 22.3. The Hall–Kier alpha value is -2.63. The number of carbonyl (C=O) groups is 1. The maximum absolute atomic E-state index is 12.6. The summed E-state index contributed by atoms with van der Waals surface area (Å²) in [6.07, 6.45) is 1.33. The molecule has 25 heavy (non-hydrogen) atoms. The molecule has 0 atom stereocenters. The number of para-hydroxylation sites is 1. The first-order valence-electron chi connectivity index (χ1n) is 7.42. The van der Waals surface area contributed by atoms with Gasteiger partial charge in [0.05, 0.1) is 15.7 Å². The summed E-state index contributed by atoms with van der Waals surface area (Å²) >= 11 is 12.2. The highest BCUT2D eigenvalue weighted by molar-refractivity contribution is 6.43. The van der Waals surface area contributed by atoms with Crippen molar-refractivity contribution in [1.29, 1.82) is 0 Å². The molecule has 3 rings (SSSR count). The van der Waals surface area contributed by atoms with Crippen molar-refractivity contribution in [1.82, 2.24) is 9.97 Å². The van der Waals surface area contributed by atoms with Gasteiger partial charge in [0.25, 0.3) is 5.91 Å². The third-order valence-corrected chi connectivity index (χ3v) is 4.37. The topological polar surface area (TPSA) is 58.1 Å². The molecule has 1 N–H and O–H groups in total. The highest BCUT2D eigenvalue weighted by Crippen LogP contribution is 2.31. The van der Waals surface area contributed by atoms with E-state index in [4.69, 9.17) is 23.2 Å². The number of hydrogen-bond donors (Lipinski definition) is 1. The molecule has 2 aromatic carbocycles. The van der Waals surface area contributed by atoms with E-state index in [0.717, 1.165) is 5.69 Å². The molecule has 0 aliphatic carbocycles. The largest absolute Gasteiger partial charge is 0.339 e. The first kappa shape index (κ1) is 17.2. The minimum atomic E-state index is -0.242. The molecule has 1 amide bonds. The number of carbonyl (C=O) groups excluding carboxylic acids is 1. The van der Waals surface area contributed by atoms with Crippen LogP contribution in [0.1, 0.15) is 10.5 Å². The molecule has 1 aromatic heterocycles. The lowest BCUT2D eigenvalue weighted by atomic mass is 10.2. The number of nitrogens with zero attached hydrogens (tertiary/aromatic N) is 3. The van der Waals surface area contributed by atoms with Crippen molar-refractivity contribution in [3.63, 3.8) is 0 Å². The van der Waals surface area contributed by atoms with Gasteiger partial charge in [-0.2, -0.15) is 0 Å². The van der Waals surface area contributed by atoms with Gasteiger partial charge < -0.3 is 10.2 Å². The fourth-order valence-corrected chi connectivity index (χ4v) is 2.57. The van der Waals surface area contributed by atoms with Crippen molar-refractivity contribution in [2.24, 2.45) is 0 Å². The fraction of sp³-hybridized carbons (Fsp3) is 0.0556. The summed E-state index contributed by atoms with van der Waals surface area (Å²) in [5, 5.41) is 3.87. The predicted molar refractivity (Wildman–Crippen MR) is 101 cm³/mol. The number of halogens is 2. The number of benzene rings is 2. The van der Waals surface area contributed by atoms with Gasteiger partial charge in [-0.05, 0) is 24.3 Å². The fourth-order valence-electron chi connectivity index (χ4n) is 2.22. The summed E-state index contributed by atoms with van der Waals surface area (Å²) in [5.74, 6) is 0.206. The number of anilines is 3. The van der Waals surface area contributed by atoms with Crippen LogP contribution >= 0.6 is 23.2 Å². The van der Waals surface area contributed by atoms with Crippen LogP contribution in [-0.2, 0) is 0 Å². The predicted octanol–water partition coefficient (Wildman–Crippen LogP) is 4.80. The Balaban J connectivity index is 1.84. The zero-order valence-electron chi connectivity index (χ0n) is 13.3. The first-order valence-corrected chi connectivity index (χ1v) is 8.18. The van der Waals surface area contributed by atoms with E-state index in [0.29, 0.717) is 21.6 Å². The van der Waals surface area contributed by atoms with E-state index < -0.39 is 0 Å². The Morgan fingerprint density at radius 1 is 1.04 bits per heavy atom. The van der Waals surface area contributed by atoms with Crippen LogP contribution < -0.4 is 10.2 Å². The molecule has 0 fully saturated rings. The molecule has 0 saturated heterocycles. The van der Waals surface area contributed by atoms with E-state index in [1.165, 1.54) is 11.2 Å². The maximum Gasteiger partial charge on any atom is 0.276 e. The lowest BCUT2D eigenvalue weighted by molar-refractivity contribution is 0.0988. The molecule has 126 valence electrons. The third kappa shape index (κ3) is 3.90. The number of aromatic nitrogens is 2. The van der Waals surface area contributed by atoms with Gasteiger partial charge in [0.2, 0.25) is 0 Å². The standard InChI is InChI=1S/C18H14Cl2N4O/c1-24(12-6-3-2-4-7-12)18(25)15-10-16(22-11-21-15)23-14-9-5-8-13(19)17(14)20/h2-11H,1H3,(H,21,22,23). The zero-order valence-corrected chi connectivity index (χ0v) is 14.8. The molecule has 0 aliphatic rings. The Bertz CT molecular complexity index is 903. The average Bonchev–Trinajstić information content (AvgIpc) is 2.65. The summed E-state index contributed by atoms with van der Waals surface area (Å²) < 4.78 is 0. The number of amides is 1. The van der Waals surface area contributed by atoms with Gasteiger partial charge in [-0.15, -0.1) is 0 Å². The highest BCUT2D eigenvalue weighted by atomic mass is 35.5. The normalized spacial score (nSPS) is 10.4. The maximum atomic E-state index is 12.6. The Kier molecular flexibility index (Phi) is 5.16. The molecule has 0 radical (unpaired) electrons. The van der Waals surface area contributed by atoms with Crippen molar-refractivity contribution >= 4 is 46.3 Å². The molecule has 0 saturated carbocycles. The monoisotopic (exact) mass is 372 g/mol. The molecule has 1 heterocycles. The van der Waals surface area contributed by atoms with E-state index >= 15 is 0 Å². The number of nitrogens with one attached hydrogen (secondary N) is 1. The van der Waals surface area contributed by atoms with Crippen LogP contribution in [0.25, 0.3) is 0 Å². The van der Waals surface area contributed by atoms with Gasteiger partial charge >= 0.3 is 0 Å². The van der Waals surface area contributed by atoms with Gasteiger partial charge in [0.1, 0.15) is 17.8 Å². The minimum absolute atomic E-state index is 0.242. The Morgan fingerprint density at radius 2 is 1.80 bits per heavy atom. The van der Waals surface area contributed by atoms with Gasteiger partial charge in [0, 0.05) is 18.8 Å². The van der Waals surface area contributed by atoms with Gasteiger partial charge in [-0.25, -0.2) is 9.97 Å². The lowest BCUT2D eigenvalue weighted by Gasteiger charge is -2.17. The van der Waals surface area contributed by atoms with Crippen LogP contribution in [0, 0.1) is 0 Å². The molecule has 5 nitrogen and oxygen atoms in total. The second kappa shape index (κ2) is 7.51. The van der Waals surface area contributed by atoms with Crippen molar-refractivity contribution in [2.75, 3.05) is 17.3 Å². The highest BCUT2D eigenvalue weighted by Gasteiger charge is 2.16. The van der Waals surface area contributed by atoms with Crippen LogP contribution in [0.2, 0.25) is 10.0 Å². The van der Waals surface area contributed by atoms with Crippen molar-refractivity contribution in [3.05, 3.63) is 76.7 Å². The van der Waals surface area contributed by atoms with Crippen LogP contribution in [0.5, 0.6) is 0 Å². The molecule has 0 aliphatic heterocycles. The van der Waals surface area contributed by atoms with E-state index in [9.17, 15) is 4.79 Å². The quantitative estimate of drug-likeness (QED) is 0.714. The molecule has 0 unspecified atom stereocenters. The second-order valence-corrected chi connectivity index (χ2v) is 6.00. The van der Waals surface area contributed by atoms with E-state index in [-0.39, 0.29) is 11.6 Å². The van der Waals surface area contributed by atoms with Crippen molar-refractivity contribution in [2.45, 2.75) is 0 Å². The summed E-state index contributed by atoms with van der Waals surface area (Å²) in [7, 11) is 1.70. The van der Waals surface area contributed by atoms with Crippen molar-refractivity contribution in [3.8, 4) is 0 Å². The summed E-state index contributed by atoms with van der Waals surface area (Å²) in [6, 6.07) is 16.1. The zero-order chi connectivity index (χ0) is 17.8. The smallest absolute Gasteiger partial charge is 0.276 e. The van der Waals surface area contributed by atoms with E-state index in [1.54, 1.807) is 31.3 Å². The van der Waals surface area contributed by atoms with Crippen LogP contribution in [0.4, 0.5) is 17.2 Å². The van der Waals surface area contributed by atoms with Gasteiger partial charge in [-0.3, -0.25) is 4.79 Å². The average molecular weight is 373 g/mol. The molecule has 0 bridgehead atoms. The SMILES string of the molecule is CN(C(=O)c1cc(Nc2cccc(Cl)c2Cl)ncn1)c1ccccc1. The van der Waals surface area contributed by atoms with E-state index in [2.05, 4.69) is 15.3 Å².